The smallest absolute Gasteiger partial charge is 0.232 e. The molecule has 1 heterocycles. The minimum atomic E-state index is -0.251. The van der Waals surface area contributed by atoms with Crippen molar-refractivity contribution in [1.82, 2.24) is 10.2 Å². The molecule has 0 aromatic heterocycles. The Morgan fingerprint density at radius 3 is 2.78 bits per heavy atom. The first kappa shape index (κ1) is 14.6. The van der Waals surface area contributed by atoms with Crippen LogP contribution in [0.4, 0.5) is 0 Å². The van der Waals surface area contributed by atoms with Crippen molar-refractivity contribution in [2.75, 3.05) is 26.3 Å². The van der Waals surface area contributed by atoms with E-state index >= 15 is 0 Å². The third-order valence-electron chi connectivity index (χ3n) is 2.80. The van der Waals surface area contributed by atoms with Gasteiger partial charge in [-0.1, -0.05) is 6.92 Å². The van der Waals surface area contributed by atoms with Gasteiger partial charge in [0.25, 0.3) is 0 Å². The molecule has 1 atom stereocenters. The van der Waals surface area contributed by atoms with Gasteiger partial charge in [0.2, 0.25) is 17.7 Å². The highest BCUT2D eigenvalue weighted by molar-refractivity contribution is 6.03. The first-order valence-corrected chi connectivity index (χ1v) is 6.25. The van der Waals surface area contributed by atoms with Crippen molar-refractivity contribution in [2.45, 2.75) is 26.7 Å². The molecule has 1 N–H and O–H groups in total. The molecule has 1 unspecified atom stereocenters. The van der Waals surface area contributed by atoms with Gasteiger partial charge in [0.1, 0.15) is 0 Å². The SMILES string of the molecule is CCOCCNC(=O)CCN1C(=O)CC(C)C1=O. The lowest BCUT2D eigenvalue weighted by Crippen LogP contribution is -2.35. The summed E-state index contributed by atoms with van der Waals surface area (Å²) in [6.45, 7) is 5.31. The van der Waals surface area contributed by atoms with Gasteiger partial charge in [-0.25, -0.2) is 0 Å². The molecule has 0 saturated carbocycles. The number of carbonyl (C=O) groups is 3. The van der Waals surface area contributed by atoms with Crippen LogP contribution in [-0.4, -0.2) is 48.9 Å². The summed E-state index contributed by atoms with van der Waals surface area (Å²) >= 11 is 0. The first-order valence-electron chi connectivity index (χ1n) is 6.25. The molecule has 102 valence electrons. The molecule has 0 aromatic carbocycles. The van der Waals surface area contributed by atoms with E-state index < -0.39 is 0 Å². The van der Waals surface area contributed by atoms with Gasteiger partial charge in [-0.05, 0) is 6.92 Å². The van der Waals surface area contributed by atoms with Gasteiger partial charge >= 0.3 is 0 Å². The van der Waals surface area contributed by atoms with E-state index in [0.29, 0.717) is 19.8 Å². The summed E-state index contributed by atoms with van der Waals surface area (Å²) < 4.78 is 5.08. The average molecular weight is 256 g/mol. The van der Waals surface area contributed by atoms with Crippen molar-refractivity contribution in [3.63, 3.8) is 0 Å². The fraction of sp³-hybridized carbons (Fsp3) is 0.750. The summed E-state index contributed by atoms with van der Waals surface area (Å²) in [7, 11) is 0. The predicted molar refractivity (Wildman–Crippen MR) is 64.6 cm³/mol. The Labute approximate surface area is 107 Å². The topological polar surface area (TPSA) is 75.7 Å². The Bertz CT molecular complexity index is 330. The van der Waals surface area contributed by atoms with Gasteiger partial charge in [0.15, 0.2) is 0 Å². The van der Waals surface area contributed by atoms with Crippen molar-refractivity contribution in [3.8, 4) is 0 Å². The maximum absolute atomic E-state index is 11.6. The Morgan fingerprint density at radius 2 is 2.22 bits per heavy atom. The van der Waals surface area contributed by atoms with Gasteiger partial charge in [-0.15, -0.1) is 0 Å². The molecule has 0 radical (unpaired) electrons. The van der Waals surface area contributed by atoms with Crippen molar-refractivity contribution < 1.29 is 19.1 Å². The van der Waals surface area contributed by atoms with Crippen LogP contribution in [0.25, 0.3) is 0 Å². The molecule has 1 aliphatic heterocycles. The largest absolute Gasteiger partial charge is 0.380 e. The monoisotopic (exact) mass is 256 g/mol. The minimum absolute atomic E-state index is 0.149. The maximum atomic E-state index is 11.6. The average Bonchev–Trinajstić information content (AvgIpc) is 2.57. The van der Waals surface area contributed by atoms with Crippen LogP contribution in [0, 0.1) is 5.92 Å². The summed E-state index contributed by atoms with van der Waals surface area (Å²) in [6.07, 6.45) is 0.404. The van der Waals surface area contributed by atoms with E-state index in [2.05, 4.69) is 5.32 Å². The van der Waals surface area contributed by atoms with Gasteiger partial charge < -0.3 is 10.1 Å². The highest BCUT2D eigenvalue weighted by Crippen LogP contribution is 2.18. The normalized spacial score (nSPS) is 19.4. The maximum Gasteiger partial charge on any atom is 0.232 e. The molecular weight excluding hydrogens is 236 g/mol. The quantitative estimate of drug-likeness (QED) is 0.511. The molecule has 1 aliphatic rings. The van der Waals surface area contributed by atoms with Gasteiger partial charge in [-0.3, -0.25) is 19.3 Å². The molecule has 0 aliphatic carbocycles. The lowest BCUT2D eigenvalue weighted by Gasteiger charge is -2.13. The molecule has 3 amide bonds. The van der Waals surface area contributed by atoms with E-state index in [1.165, 1.54) is 4.90 Å². The van der Waals surface area contributed by atoms with Crippen molar-refractivity contribution in [1.29, 1.82) is 0 Å². The van der Waals surface area contributed by atoms with Crippen LogP contribution < -0.4 is 5.32 Å². The van der Waals surface area contributed by atoms with E-state index in [1.807, 2.05) is 6.92 Å². The number of rotatable bonds is 7. The second-order valence-electron chi connectivity index (χ2n) is 4.29. The zero-order valence-corrected chi connectivity index (χ0v) is 10.9. The van der Waals surface area contributed by atoms with Gasteiger partial charge in [0, 0.05) is 38.5 Å². The van der Waals surface area contributed by atoms with Crippen molar-refractivity contribution >= 4 is 17.7 Å². The van der Waals surface area contributed by atoms with E-state index in [1.54, 1.807) is 6.92 Å². The van der Waals surface area contributed by atoms with Crippen LogP contribution in [0.5, 0.6) is 0 Å². The zero-order valence-electron chi connectivity index (χ0n) is 10.9. The Balaban J connectivity index is 2.22. The summed E-state index contributed by atoms with van der Waals surface area (Å²) in [5.41, 5.74) is 0. The van der Waals surface area contributed by atoms with Crippen LogP contribution in [-0.2, 0) is 19.1 Å². The molecule has 1 saturated heterocycles. The number of amides is 3. The summed E-state index contributed by atoms with van der Waals surface area (Å²) in [4.78, 5) is 35.7. The predicted octanol–water partition coefficient (Wildman–Crippen LogP) is -0.0758. The lowest BCUT2D eigenvalue weighted by molar-refractivity contribution is -0.139. The fourth-order valence-electron chi connectivity index (χ4n) is 1.79. The second kappa shape index (κ2) is 7.10. The Morgan fingerprint density at radius 1 is 1.50 bits per heavy atom. The van der Waals surface area contributed by atoms with Crippen LogP contribution in [0.15, 0.2) is 0 Å². The van der Waals surface area contributed by atoms with Crippen molar-refractivity contribution in [3.05, 3.63) is 0 Å². The molecule has 0 bridgehead atoms. The van der Waals surface area contributed by atoms with Gasteiger partial charge in [0.05, 0.1) is 6.61 Å². The van der Waals surface area contributed by atoms with E-state index in [4.69, 9.17) is 4.74 Å². The van der Waals surface area contributed by atoms with E-state index in [0.717, 1.165) is 0 Å². The molecular formula is C12H20N2O4. The lowest BCUT2D eigenvalue weighted by atomic mass is 10.1. The molecule has 6 nitrogen and oxygen atoms in total. The third-order valence-corrected chi connectivity index (χ3v) is 2.80. The number of hydrogen-bond acceptors (Lipinski definition) is 4. The number of carbonyl (C=O) groups excluding carboxylic acids is 3. The number of ether oxygens (including phenoxy) is 1. The highest BCUT2D eigenvalue weighted by Gasteiger charge is 2.35. The molecule has 6 heteroatoms. The minimum Gasteiger partial charge on any atom is -0.380 e. The summed E-state index contributed by atoms with van der Waals surface area (Å²) in [5.74, 6) is -0.787. The number of hydrogen-bond donors (Lipinski definition) is 1. The molecule has 1 rings (SSSR count). The molecule has 0 aromatic rings. The number of nitrogens with zero attached hydrogens (tertiary/aromatic N) is 1. The van der Waals surface area contributed by atoms with Crippen molar-refractivity contribution in [2.24, 2.45) is 5.92 Å². The number of likely N-dealkylation sites (tertiary alicyclic amines) is 1. The standard InChI is InChI=1S/C12H20N2O4/c1-3-18-7-5-13-10(15)4-6-14-11(16)8-9(2)12(14)17/h9H,3-8H2,1-2H3,(H,13,15). The van der Waals surface area contributed by atoms with E-state index in [-0.39, 0.29) is 43.0 Å². The highest BCUT2D eigenvalue weighted by atomic mass is 16.5. The second-order valence-corrected chi connectivity index (χ2v) is 4.29. The first-order chi connectivity index (χ1) is 8.56. The fourth-order valence-corrected chi connectivity index (χ4v) is 1.79. The van der Waals surface area contributed by atoms with Gasteiger partial charge in [-0.2, -0.15) is 0 Å². The molecule has 0 spiro atoms. The third kappa shape index (κ3) is 4.10. The number of nitrogens with one attached hydrogen (secondary N) is 1. The zero-order chi connectivity index (χ0) is 13.5. The summed E-state index contributed by atoms with van der Waals surface area (Å²) in [6, 6.07) is 0. The Kier molecular flexibility index (Phi) is 5.77. The Hall–Kier alpha value is -1.43. The van der Waals surface area contributed by atoms with Crippen LogP contribution in [0.2, 0.25) is 0 Å². The molecule has 1 fully saturated rings. The molecule has 18 heavy (non-hydrogen) atoms. The number of imide groups is 1. The van der Waals surface area contributed by atoms with Crippen LogP contribution in [0.3, 0.4) is 0 Å². The summed E-state index contributed by atoms with van der Waals surface area (Å²) in [5, 5.41) is 2.67. The van der Waals surface area contributed by atoms with E-state index in [9.17, 15) is 14.4 Å². The van der Waals surface area contributed by atoms with Crippen LogP contribution in [0.1, 0.15) is 26.7 Å². The van der Waals surface area contributed by atoms with Crippen LogP contribution >= 0.6 is 0 Å².